The number of benzene rings is 3. The van der Waals surface area contributed by atoms with Crippen LogP contribution in [0.3, 0.4) is 0 Å². The van der Waals surface area contributed by atoms with E-state index in [0.29, 0.717) is 0 Å². The Labute approximate surface area is 171 Å². The van der Waals surface area contributed by atoms with Crippen LogP contribution in [0, 0.1) is 0 Å². The lowest BCUT2D eigenvalue weighted by atomic mass is 10.3. The summed E-state index contributed by atoms with van der Waals surface area (Å²) >= 11 is 0. The van der Waals surface area contributed by atoms with E-state index in [0.717, 1.165) is 0 Å². The minimum Gasteiger partial charge on any atom is -0.378 e. The second-order valence-corrected chi connectivity index (χ2v) is 9.79. The minimum atomic E-state index is -0.597. The minimum absolute atomic E-state index is 0.597. The highest BCUT2D eigenvalue weighted by molar-refractivity contribution is 7.79. The van der Waals surface area contributed by atoms with E-state index >= 15 is 0 Å². The molecule has 0 aliphatic carbocycles. The third-order valence-corrected chi connectivity index (χ3v) is 7.32. The Morgan fingerprint density at radius 1 is 0.393 bits per heavy atom. The molecule has 0 bridgehead atoms. The van der Waals surface area contributed by atoms with Gasteiger partial charge in [0.15, 0.2) is 0 Å². The summed E-state index contributed by atoms with van der Waals surface area (Å²) in [6.07, 6.45) is 0. The lowest BCUT2D eigenvalue weighted by molar-refractivity contribution is 1.13. The zero-order chi connectivity index (χ0) is 20.3. The molecule has 0 saturated carbocycles. The maximum atomic E-state index is 2.28. The fourth-order valence-corrected chi connectivity index (χ4v) is 5.38. The standard InChI is InChI=1S/C24H30N3P/c1-25(2)19-7-13-22(14-8-19)28(23-15-9-20(10-16-23)26(3)4)24-17-11-21(12-18-24)27(5)6/h7-18H,1-6H3. The smallest absolute Gasteiger partial charge is 0.0361 e. The molecule has 3 rings (SSSR count). The van der Waals surface area contributed by atoms with Crippen molar-refractivity contribution < 1.29 is 0 Å². The van der Waals surface area contributed by atoms with E-state index < -0.39 is 7.92 Å². The number of hydrogen-bond acceptors (Lipinski definition) is 3. The van der Waals surface area contributed by atoms with Crippen LogP contribution in [0.15, 0.2) is 72.8 Å². The van der Waals surface area contributed by atoms with E-state index in [1.165, 1.54) is 33.0 Å². The molecule has 28 heavy (non-hydrogen) atoms. The van der Waals surface area contributed by atoms with E-state index in [4.69, 9.17) is 0 Å². The molecule has 0 heterocycles. The summed E-state index contributed by atoms with van der Waals surface area (Å²) in [6.45, 7) is 0. The van der Waals surface area contributed by atoms with Crippen molar-refractivity contribution in [3.05, 3.63) is 72.8 Å². The molecule has 0 N–H and O–H groups in total. The molecule has 0 aliphatic rings. The molecule has 0 aromatic heterocycles. The molecular formula is C24H30N3P. The largest absolute Gasteiger partial charge is 0.378 e. The first kappa shape index (κ1) is 20.2. The van der Waals surface area contributed by atoms with Crippen LogP contribution in [0.5, 0.6) is 0 Å². The predicted molar refractivity (Wildman–Crippen MR) is 128 cm³/mol. The highest BCUT2D eigenvalue weighted by Gasteiger charge is 2.17. The van der Waals surface area contributed by atoms with Crippen molar-refractivity contribution in [1.29, 1.82) is 0 Å². The van der Waals surface area contributed by atoms with Crippen molar-refractivity contribution in [2.24, 2.45) is 0 Å². The molecule has 0 saturated heterocycles. The SMILES string of the molecule is CN(C)c1ccc(P(c2ccc(N(C)C)cc2)c2ccc(N(C)C)cc2)cc1. The first-order valence-corrected chi connectivity index (χ1v) is 10.8. The Bertz CT molecular complexity index is 760. The molecular weight excluding hydrogens is 361 g/mol. The summed E-state index contributed by atoms with van der Waals surface area (Å²) in [5, 5.41) is 4.11. The van der Waals surface area contributed by atoms with Crippen molar-refractivity contribution in [3.8, 4) is 0 Å². The number of rotatable bonds is 6. The van der Waals surface area contributed by atoms with Crippen molar-refractivity contribution in [1.82, 2.24) is 0 Å². The van der Waals surface area contributed by atoms with Crippen molar-refractivity contribution >= 4 is 40.9 Å². The van der Waals surface area contributed by atoms with Crippen LogP contribution in [0.2, 0.25) is 0 Å². The van der Waals surface area contributed by atoms with Crippen LogP contribution < -0.4 is 30.6 Å². The number of anilines is 3. The van der Waals surface area contributed by atoms with Crippen LogP contribution in [0.25, 0.3) is 0 Å². The zero-order valence-electron chi connectivity index (χ0n) is 17.7. The molecule has 4 heteroatoms. The van der Waals surface area contributed by atoms with E-state index in [2.05, 4.69) is 130 Å². The van der Waals surface area contributed by atoms with Crippen LogP contribution >= 0.6 is 7.92 Å². The van der Waals surface area contributed by atoms with Crippen LogP contribution in [0.1, 0.15) is 0 Å². The third-order valence-electron chi connectivity index (χ3n) is 4.87. The van der Waals surface area contributed by atoms with Crippen molar-refractivity contribution in [2.75, 3.05) is 57.0 Å². The van der Waals surface area contributed by atoms with E-state index in [1.54, 1.807) is 0 Å². The fourth-order valence-electron chi connectivity index (χ4n) is 3.15. The van der Waals surface area contributed by atoms with Crippen molar-refractivity contribution in [3.63, 3.8) is 0 Å². The summed E-state index contributed by atoms with van der Waals surface area (Å²) in [4.78, 5) is 6.43. The Kier molecular flexibility index (Phi) is 6.26. The highest BCUT2D eigenvalue weighted by atomic mass is 31.1. The van der Waals surface area contributed by atoms with Gasteiger partial charge >= 0.3 is 0 Å². The molecule has 0 spiro atoms. The van der Waals surface area contributed by atoms with Gasteiger partial charge in [0.25, 0.3) is 0 Å². The second kappa shape index (κ2) is 8.67. The van der Waals surface area contributed by atoms with Gasteiger partial charge in [0, 0.05) is 59.3 Å². The topological polar surface area (TPSA) is 9.72 Å². The van der Waals surface area contributed by atoms with Gasteiger partial charge in [-0.2, -0.15) is 0 Å². The summed E-state index contributed by atoms with van der Waals surface area (Å²) in [5.41, 5.74) is 3.68. The molecule has 0 amide bonds. The maximum absolute atomic E-state index is 2.28. The Morgan fingerprint density at radius 2 is 0.607 bits per heavy atom. The van der Waals surface area contributed by atoms with Gasteiger partial charge in [0.05, 0.1) is 0 Å². The maximum Gasteiger partial charge on any atom is 0.0361 e. The molecule has 0 fully saturated rings. The average molecular weight is 391 g/mol. The number of nitrogens with zero attached hydrogens (tertiary/aromatic N) is 3. The second-order valence-electron chi connectivity index (χ2n) is 7.57. The van der Waals surface area contributed by atoms with Crippen LogP contribution in [-0.4, -0.2) is 42.3 Å². The van der Waals surface area contributed by atoms with Gasteiger partial charge in [-0.15, -0.1) is 0 Å². The zero-order valence-corrected chi connectivity index (χ0v) is 18.6. The van der Waals surface area contributed by atoms with Crippen LogP contribution in [0.4, 0.5) is 17.1 Å². The molecule has 0 atom stereocenters. The summed E-state index contributed by atoms with van der Waals surface area (Å²) in [5.74, 6) is 0. The normalized spacial score (nSPS) is 10.8. The molecule has 3 aromatic rings. The molecule has 3 nitrogen and oxygen atoms in total. The van der Waals surface area contributed by atoms with Crippen LogP contribution in [-0.2, 0) is 0 Å². The lowest BCUT2D eigenvalue weighted by Gasteiger charge is -2.22. The third kappa shape index (κ3) is 4.48. The fraction of sp³-hybridized carbons (Fsp3) is 0.250. The Balaban J connectivity index is 2.04. The summed E-state index contributed by atoms with van der Waals surface area (Å²) in [7, 11) is 11.9. The summed E-state index contributed by atoms with van der Waals surface area (Å²) in [6, 6.07) is 27.0. The van der Waals surface area contributed by atoms with E-state index in [-0.39, 0.29) is 0 Å². The molecule has 0 aliphatic heterocycles. The molecule has 3 aromatic carbocycles. The van der Waals surface area contributed by atoms with Gasteiger partial charge in [0.2, 0.25) is 0 Å². The first-order valence-electron chi connectivity index (χ1n) is 9.49. The van der Waals surface area contributed by atoms with E-state index in [1.807, 2.05) is 0 Å². The predicted octanol–water partition coefficient (Wildman–Crippen LogP) is 3.64. The Hall–Kier alpha value is -2.51. The van der Waals surface area contributed by atoms with E-state index in [9.17, 15) is 0 Å². The highest BCUT2D eigenvalue weighted by Crippen LogP contribution is 2.34. The van der Waals surface area contributed by atoms with Gasteiger partial charge in [-0.1, -0.05) is 36.4 Å². The van der Waals surface area contributed by atoms with Gasteiger partial charge in [-0.25, -0.2) is 0 Å². The quantitative estimate of drug-likeness (QED) is 0.594. The summed E-state index contributed by atoms with van der Waals surface area (Å²) < 4.78 is 0. The van der Waals surface area contributed by atoms with Gasteiger partial charge in [-0.3, -0.25) is 0 Å². The average Bonchev–Trinajstić information content (AvgIpc) is 2.69. The Morgan fingerprint density at radius 3 is 0.786 bits per heavy atom. The van der Waals surface area contributed by atoms with Crippen molar-refractivity contribution in [2.45, 2.75) is 0 Å². The molecule has 0 unspecified atom stereocenters. The monoisotopic (exact) mass is 391 g/mol. The van der Waals surface area contributed by atoms with Gasteiger partial charge in [0.1, 0.15) is 0 Å². The van der Waals surface area contributed by atoms with Gasteiger partial charge < -0.3 is 14.7 Å². The molecule has 0 radical (unpaired) electrons. The van der Waals surface area contributed by atoms with Gasteiger partial charge in [-0.05, 0) is 60.2 Å². The molecule has 146 valence electrons. The lowest BCUT2D eigenvalue weighted by Crippen LogP contribution is -2.22. The first-order chi connectivity index (χ1) is 13.4. The number of hydrogen-bond donors (Lipinski definition) is 0.